The van der Waals surface area contributed by atoms with Crippen LogP contribution in [0.15, 0.2) is 24.3 Å². The Morgan fingerprint density at radius 3 is 2.63 bits per heavy atom. The predicted molar refractivity (Wildman–Crippen MR) is 67.3 cm³/mol. The molecule has 0 radical (unpaired) electrons. The fourth-order valence-corrected chi connectivity index (χ4v) is 2.01. The van der Waals surface area contributed by atoms with Gasteiger partial charge in [0.05, 0.1) is 5.41 Å². The van der Waals surface area contributed by atoms with Gasteiger partial charge in [0.15, 0.2) is 0 Å². The van der Waals surface area contributed by atoms with Gasteiger partial charge < -0.3 is 15.4 Å². The van der Waals surface area contributed by atoms with Gasteiger partial charge in [-0.2, -0.15) is 8.78 Å². The molecule has 1 amide bonds. The summed E-state index contributed by atoms with van der Waals surface area (Å²) in [6.45, 7) is 0.525. The number of carbonyl (C=O) groups excluding carboxylic acids is 1. The van der Waals surface area contributed by atoms with Gasteiger partial charge in [-0.15, -0.1) is 0 Å². The van der Waals surface area contributed by atoms with Crippen LogP contribution in [0.1, 0.15) is 13.3 Å². The lowest BCUT2D eigenvalue weighted by molar-refractivity contribution is -0.123. The first kappa shape index (κ1) is 13.7. The minimum absolute atomic E-state index is 0.0694. The van der Waals surface area contributed by atoms with E-state index < -0.39 is 12.0 Å². The maximum Gasteiger partial charge on any atom is 0.387 e. The molecular weight excluding hydrogens is 254 g/mol. The highest BCUT2D eigenvalue weighted by Gasteiger charge is 2.36. The number of hydrogen-bond donors (Lipinski definition) is 2. The van der Waals surface area contributed by atoms with Crippen molar-refractivity contribution >= 4 is 11.6 Å². The number of benzene rings is 1. The summed E-state index contributed by atoms with van der Waals surface area (Å²) >= 11 is 0. The molecular formula is C13H16F2N2O2. The van der Waals surface area contributed by atoms with E-state index in [4.69, 9.17) is 0 Å². The second-order valence-electron chi connectivity index (χ2n) is 4.84. The normalized spacial score (nSPS) is 22.5. The molecule has 2 N–H and O–H groups in total. The van der Waals surface area contributed by atoms with E-state index in [-0.39, 0.29) is 11.7 Å². The van der Waals surface area contributed by atoms with E-state index in [0.29, 0.717) is 12.2 Å². The molecule has 1 aromatic rings. The standard InChI is InChI=1S/C13H16F2N2O2/c1-13(6-7-16-8-13)11(18)17-9-2-4-10(5-3-9)19-12(14)15/h2-5,12,16H,6-8H2,1H3,(H,17,18). The number of ether oxygens (including phenoxy) is 1. The largest absolute Gasteiger partial charge is 0.435 e. The van der Waals surface area contributed by atoms with Gasteiger partial charge >= 0.3 is 6.61 Å². The Morgan fingerprint density at radius 2 is 2.11 bits per heavy atom. The van der Waals surface area contributed by atoms with Gasteiger partial charge in [-0.25, -0.2) is 0 Å². The zero-order valence-corrected chi connectivity index (χ0v) is 10.6. The third kappa shape index (κ3) is 3.41. The Labute approximate surface area is 110 Å². The molecule has 0 spiro atoms. The van der Waals surface area contributed by atoms with Crippen molar-refractivity contribution in [1.82, 2.24) is 5.32 Å². The zero-order valence-electron chi connectivity index (χ0n) is 10.6. The second kappa shape index (κ2) is 5.52. The Balaban J connectivity index is 1.97. The number of carbonyl (C=O) groups is 1. The van der Waals surface area contributed by atoms with E-state index in [1.165, 1.54) is 12.1 Å². The van der Waals surface area contributed by atoms with E-state index in [2.05, 4.69) is 15.4 Å². The van der Waals surface area contributed by atoms with Crippen molar-refractivity contribution in [3.8, 4) is 5.75 Å². The SMILES string of the molecule is CC1(C(=O)Nc2ccc(OC(F)F)cc2)CCNC1. The van der Waals surface area contributed by atoms with Crippen LogP contribution in [0.25, 0.3) is 0 Å². The average molecular weight is 270 g/mol. The topological polar surface area (TPSA) is 50.4 Å². The van der Waals surface area contributed by atoms with Crippen LogP contribution in [0.4, 0.5) is 14.5 Å². The number of amides is 1. The smallest absolute Gasteiger partial charge is 0.387 e. The summed E-state index contributed by atoms with van der Waals surface area (Å²) in [4.78, 5) is 12.1. The lowest BCUT2D eigenvalue weighted by Gasteiger charge is -2.21. The van der Waals surface area contributed by atoms with Crippen LogP contribution in [0.5, 0.6) is 5.75 Å². The van der Waals surface area contributed by atoms with Gasteiger partial charge in [-0.05, 0) is 44.2 Å². The summed E-state index contributed by atoms with van der Waals surface area (Å²) in [5.74, 6) is 0.00164. The molecule has 104 valence electrons. The van der Waals surface area contributed by atoms with Crippen LogP contribution < -0.4 is 15.4 Å². The van der Waals surface area contributed by atoms with Gasteiger partial charge in [0.2, 0.25) is 5.91 Å². The molecule has 0 aromatic heterocycles. The maximum atomic E-state index is 12.1. The van der Waals surface area contributed by atoms with Crippen molar-refractivity contribution in [2.24, 2.45) is 5.41 Å². The number of rotatable bonds is 4. The molecule has 1 aromatic carbocycles. The van der Waals surface area contributed by atoms with Crippen molar-refractivity contribution in [1.29, 1.82) is 0 Å². The molecule has 1 unspecified atom stereocenters. The average Bonchev–Trinajstić information content (AvgIpc) is 2.79. The predicted octanol–water partition coefficient (Wildman–Crippen LogP) is 2.23. The summed E-state index contributed by atoms with van der Waals surface area (Å²) in [5, 5.41) is 5.93. The summed E-state index contributed by atoms with van der Waals surface area (Å²) in [7, 11) is 0. The van der Waals surface area contributed by atoms with Crippen LogP contribution in [-0.4, -0.2) is 25.6 Å². The number of nitrogens with one attached hydrogen (secondary N) is 2. The highest BCUT2D eigenvalue weighted by Crippen LogP contribution is 2.27. The van der Waals surface area contributed by atoms with Gasteiger partial charge in [-0.3, -0.25) is 4.79 Å². The molecule has 0 bridgehead atoms. The van der Waals surface area contributed by atoms with E-state index in [0.717, 1.165) is 13.0 Å². The lowest BCUT2D eigenvalue weighted by atomic mass is 9.89. The monoisotopic (exact) mass is 270 g/mol. The van der Waals surface area contributed by atoms with Crippen molar-refractivity contribution in [3.63, 3.8) is 0 Å². The van der Waals surface area contributed by atoms with Crippen molar-refractivity contribution < 1.29 is 18.3 Å². The van der Waals surface area contributed by atoms with E-state index in [1.807, 2.05) is 6.92 Å². The van der Waals surface area contributed by atoms with Crippen LogP contribution in [0.3, 0.4) is 0 Å². The third-order valence-corrected chi connectivity index (χ3v) is 3.25. The van der Waals surface area contributed by atoms with Gasteiger partial charge in [0, 0.05) is 12.2 Å². The fourth-order valence-electron chi connectivity index (χ4n) is 2.01. The third-order valence-electron chi connectivity index (χ3n) is 3.25. The summed E-state index contributed by atoms with van der Waals surface area (Å²) in [6, 6.07) is 5.89. The van der Waals surface area contributed by atoms with Gasteiger partial charge in [0.1, 0.15) is 5.75 Å². The minimum atomic E-state index is -2.84. The molecule has 4 nitrogen and oxygen atoms in total. The molecule has 1 heterocycles. The van der Waals surface area contributed by atoms with E-state index in [9.17, 15) is 13.6 Å². The summed E-state index contributed by atoms with van der Waals surface area (Å²) in [6.07, 6.45) is 0.783. The number of anilines is 1. The number of halogens is 2. The molecule has 2 rings (SSSR count). The first-order valence-corrected chi connectivity index (χ1v) is 6.07. The molecule has 1 aliphatic rings. The van der Waals surface area contributed by atoms with Gasteiger partial charge in [-0.1, -0.05) is 0 Å². The van der Waals surface area contributed by atoms with E-state index >= 15 is 0 Å². The summed E-state index contributed by atoms with van der Waals surface area (Å²) in [5.41, 5.74) is 0.151. The molecule has 1 atom stereocenters. The molecule has 0 aliphatic carbocycles. The number of hydrogen-bond acceptors (Lipinski definition) is 3. The number of alkyl halides is 2. The molecule has 1 fully saturated rings. The Hall–Kier alpha value is -1.69. The molecule has 19 heavy (non-hydrogen) atoms. The first-order valence-electron chi connectivity index (χ1n) is 6.07. The highest BCUT2D eigenvalue weighted by molar-refractivity contribution is 5.95. The maximum absolute atomic E-state index is 12.1. The Morgan fingerprint density at radius 1 is 1.42 bits per heavy atom. The highest BCUT2D eigenvalue weighted by atomic mass is 19.3. The molecule has 1 saturated heterocycles. The Bertz CT molecular complexity index is 442. The quantitative estimate of drug-likeness (QED) is 0.882. The van der Waals surface area contributed by atoms with Crippen LogP contribution in [0, 0.1) is 5.41 Å². The van der Waals surface area contributed by atoms with Gasteiger partial charge in [0.25, 0.3) is 0 Å². The minimum Gasteiger partial charge on any atom is -0.435 e. The van der Waals surface area contributed by atoms with Crippen LogP contribution >= 0.6 is 0 Å². The lowest BCUT2D eigenvalue weighted by Crippen LogP contribution is -2.35. The fraction of sp³-hybridized carbons (Fsp3) is 0.462. The van der Waals surface area contributed by atoms with E-state index in [1.54, 1.807) is 12.1 Å². The molecule has 0 saturated carbocycles. The zero-order chi connectivity index (χ0) is 13.9. The summed E-state index contributed by atoms with van der Waals surface area (Å²) < 4.78 is 28.2. The van der Waals surface area contributed by atoms with Crippen LogP contribution in [0.2, 0.25) is 0 Å². The first-order chi connectivity index (χ1) is 8.99. The van der Waals surface area contributed by atoms with Crippen molar-refractivity contribution in [2.75, 3.05) is 18.4 Å². The molecule has 6 heteroatoms. The van der Waals surface area contributed by atoms with Crippen LogP contribution in [-0.2, 0) is 4.79 Å². The second-order valence-corrected chi connectivity index (χ2v) is 4.84. The molecule has 1 aliphatic heterocycles. The Kier molecular flexibility index (Phi) is 3.99. The van der Waals surface area contributed by atoms with Crippen molar-refractivity contribution in [2.45, 2.75) is 20.0 Å². The van der Waals surface area contributed by atoms with Crippen molar-refractivity contribution in [3.05, 3.63) is 24.3 Å².